The van der Waals surface area contributed by atoms with E-state index < -0.39 is 0 Å². The van der Waals surface area contributed by atoms with Gasteiger partial charge in [0, 0.05) is 30.4 Å². The van der Waals surface area contributed by atoms with Crippen molar-refractivity contribution >= 4 is 23.6 Å². The molecule has 33 heavy (non-hydrogen) atoms. The Balaban J connectivity index is 1.46. The summed E-state index contributed by atoms with van der Waals surface area (Å²) in [5, 5.41) is 5.77. The van der Waals surface area contributed by atoms with Crippen molar-refractivity contribution in [2.75, 3.05) is 5.32 Å². The highest BCUT2D eigenvalue weighted by molar-refractivity contribution is 5.93. The average molecular weight is 444 g/mol. The van der Waals surface area contributed by atoms with Crippen LogP contribution in [0, 0.1) is 5.92 Å². The molecule has 3 rings (SSSR count). The Morgan fingerprint density at radius 2 is 1.88 bits per heavy atom. The molecule has 2 amide bonds. The number of nitrogens with one attached hydrogen (secondary N) is 2. The topological polar surface area (TPSA) is 80.3 Å². The third-order valence-corrected chi connectivity index (χ3v) is 5.14. The fraction of sp³-hybridized carbons (Fsp3) is 0.222. The highest BCUT2D eigenvalue weighted by Crippen LogP contribution is 2.15. The first-order valence-corrected chi connectivity index (χ1v) is 11.0. The number of hydrogen-bond donors (Lipinski definition) is 2. The number of carbonyl (C=O) groups excluding carboxylic acids is 2. The van der Waals surface area contributed by atoms with Gasteiger partial charge in [-0.25, -0.2) is 0 Å². The van der Waals surface area contributed by atoms with Crippen LogP contribution in [-0.4, -0.2) is 16.8 Å². The predicted octanol–water partition coefficient (Wildman–Crippen LogP) is 4.97. The van der Waals surface area contributed by atoms with Crippen LogP contribution in [-0.2, 0) is 22.7 Å². The molecule has 0 fully saturated rings. The summed E-state index contributed by atoms with van der Waals surface area (Å²) in [6, 6.07) is 20.7. The first-order valence-electron chi connectivity index (χ1n) is 11.0. The van der Waals surface area contributed by atoms with Crippen LogP contribution in [0.1, 0.15) is 37.1 Å². The third-order valence-electron chi connectivity index (χ3n) is 5.14. The Morgan fingerprint density at radius 1 is 1.06 bits per heavy atom. The van der Waals surface area contributed by atoms with E-state index in [9.17, 15) is 9.59 Å². The predicted molar refractivity (Wildman–Crippen MR) is 130 cm³/mol. The fourth-order valence-electron chi connectivity index (χ4n) is 2.95. The van der Waals surface area contributed by atoms with E-state index in [4.69, 9.17) is 4.74 Å². The van der Waals surface area contributed by atoms with Gasteiger partial charge < -0.3 is 15.4 Å². The second kappa shape index (κ2) is 12.2. The van der Waals surface area contributed by atoms with Gasteiger partial charge in [-0.15, -0.1) is 0 Å². The summed E-state index contributed by atoms with van der Waals surface area (Å²) >= 11 is 0. The van der Waals surface area contributed by atoms with Gasteiger partial charge in [-0.1, -0.05) is 44.2 Å². The summed E-state index contributed by atoms with van der Waals surface area (Å²) in [6.07, 6.45) is 5.77. The van der Waals surface area contributed by atoms with E-state index >= 15 is 0 Å². The van der Waals surface area contributed by atoms with E-state index in [2.05, 4.69) is 15.6 Å². The molecule has 6 heteroatoms. The molecule has 6 nitrogen and oxygen atoms in total. The van der Waals surface area contributed by atoms with Crippen LogP contribution in [0.2, 0.25) is 0 Å². The van der Waals surface area contributed by atoms with Crippen LogP contribution in [0.25, 0.3) is 6.08 Å². The smallest absolute Gasteiger partial charge is 0.244 e. The summed E-state index contributed by atoms with van der Waals surface area (Å²) < 4.78 is 5.72. The van der Waals surface area contributed by atoms with Crippen LogP contribution in [0.5, 0.6) is 5.75 Å². The maximum absolute atomic E-state index is 12.2. The van der Waals surface area contributed by atoms with Crippen molar-refractivity contribution in [1.29, 1.82) is 0 Å². The zero-order valence-corrected chi connectivity index (χ0v) is 19.0. The van der Waals surface area contributed by atoms with Gasteiger partial charge in [0.05, 0.1) is 5.69 Å². The quantitative estimate of drug-likeness (QED) is 0.433. The molecule has 1 unspecified atom stereocenters. The van der Waals surface area contributed by atoms with Gasteiger partial charge in [0.15, 0.2) is 0 Å². The number of anilines is 1. The normalized spacial score (nSPS) is 11.7. The lowest BCUT2D eigenvalue weighted by atomic mass is 10.1. The second-order valence-corrected chi connectivity index (χ2v) is 7.73. The van der Waals surface area contributed by atoms with E-state index in [1.165, 1.54) is 6.08 Å². The molecule has 0 aliphatic heterocycles. The van der Waals surface area contributed by atoms with Gasteiger partial charge in [-0.2, -0.15) is 0 Å². The molecule has 0 saturated carbocycles. The van der Waals surface area contributed by atoms with Gasteiger partial charge in [-0.3, -0.25) is 14.6 Å². The monoisotopic (exact) mass is 443 g/mol. The summed E-state index contributed by atoms with van der Waals surface area (Å²) in [7, 11) is 0. The molecule has 3 aromatic rings. The van der Waals surface area contributed by atoms with Gasteiger partial charge in [0.1, 0.15) is 12.4 Å². The number of benzene rings is 2. The number of carbonyl (C=O) groups is 2. The van der Waals surface area contributed by atoms with E-state index in [1.807, 2.05) is 80.6 Å². The van der Waals surface area contributed by atoms with Crippen molar-refractivity contribution in [2.45, 2.75) is 33.4 Å². The van der Waals surface area contributed by atoms with Gasteiger partial charge in [0.25, 0.3) is 0 Å². The largest absolute Gasteiger partial charge is 0.487 e. The summed E-state index contributed by atoms with van der Waals surface area (Å²) in [6.45, 7) is 4.65. The number of aromatic nitrogens is 1. The average Bonchev–Trinajstić information content (AvgIpc) is 2.86. The first kappa shape index (κ1) is 23.7. The molecule has 0 spiro atoms. The maximum Gasteiger partial charge on any atom is 0.244 e. The van der Waals surface area contributed by atoms with Crippen molar-refractivity contribution in [2.24, 2.45) is 5.92 Å². The molecule has 0 aliphatic carbocycles. The highest BCUT2D eigenvalue weighted by Gasteiger charge is 2.10. The Labute approximate surface area is 194 Å². The van der Waals surface area contributed by atoms with Gasteiger partial charge >= 0.3 is 0 Å². The van der Waals surface area contributed by atoms with Crippen LogP contribution >= 0.6 is 0 Å². The minimum Gasteiger partial charge on any atom is -0.487 e. The fourth-order valence-corrected chi connectivity index (χ4v) is 2.95. The minimum absolute atomic E-state index is 0.00484. The molecule has 2 N–H and O–H groups in total. The molecule has 1 aromatic heterocycles. The zero-order chi connectivity index (χ0) is 23.5. The van der Waals surface area contributed by atoms with Crippen molar-refractivity contribution in [3.63, 3.8) is 0 Å². The Bertz CT molecular complexity index is 1080. The first-order chi connectivity index (χ1) is 16.0. The number of rotatable bonds is 10. The Hall–Kier alpha value is -3.93. The molecule has 1 heterocycles. The SMILES string of the molecule is CCC(C)C(=O)Nc1cccc(CNC(=O)/C=C/c2ccc(OCc3ccccn3)cc2)c1. The molecule has 1 atom stereocenters. The summed E-state index contributed by atoms with van der Waals surface area (Å²) in [5.74, 6) is 0.497. The lowest BCUT2D eigenvalue weighted by molar-refractivity contribution is -0.119. The van der Waals surface area contributed by atoms with E-state index in [1.54, 1.807) is 12.3 Å². The van der Waals surface area contributed by atoms with Crippen LogP contribution in [0.4, 0.5) is 5.69 Å². The van der Waals surface area contributed by atoms with Crippen molar-refractivity contribution in [3.8, 4) is 5.75 Å². The molecule has 0 radical (unpaired) electrons. The standard InChI is InChI=1S/C27H29N3O3/c1-3-20(2)27(32)30-23-9-6-7-22(17-23)18-29-26(31)15-12-21-10-13-25(14-11-21)33-19-24-8-4-5-16-28-24/h4-17,20H,3,18-19H2,1-2H3,(H,29,31)(H,30,32)/b15-12+. The summed E-state index contributed by atoms with van der Waals surface area (Å²) in [4.78, 5) is 28.5. The number of pyridine rings is 1. The number of ether oxygens (including phenoxy) is 1. The van der Waals surface area contributed by atoms with E-state index in [0.717, 1.165) is 34.7 Å². The van der Waals surface area contributed by atoms with Crippen molar-refractivity contribution in [3.05, 3.63) is 95.8 Å². The lowest BCUT2D eigenvalue weighted by Crippen LogP contribution is -2.21. The van der Waals surface area contributed by atoms with E-state index in [0.29, 0.717) is 13.2 Å². The van der Waals surface area contributed by atoms with Crippen LogP contribution < -0.4 is 15.4 Å². The van der Waals surface area contributed by atoms with Crippen molar-refractivity contribution < 1.29 is 14.3 Å². The highest BCUT2D eigenvalue weighted by atomic mass is 16.5. The maximum atomic E-state index is 12.2. The van der Waals surface area contributed by atoms with Gasteiger partial charge in [-0.05, 0) is 60.0 Å². The second-order valence-electron chi connectivity index (χ2n) is 7.73. The van der Waals surface area contributed by atoms with E-state index in [-0.39, 0.29) is 17.7 Å². The van der Waals surface area contributed by atoms with Gasteiger partial charge in [0.2, 0.25) is 11.8 Å². The van der Waals surface area contributed by atoms with Crippen LogP contribution in [0.15, 0.2) is 79.0 Å². The Morgan fingerprint density at radius 3 is 2.61 bits per heavy atom. The molecular weight excluding hydrogens is 414 g/mol. The zero-order valence-electron chi connectivity index (χ0n) is 19.0. The van der Waals surface area contributed by atoms with Crippen molar-refractivity contribution in [1.82, 2.24) is 10.3 Å². The molecule has 2 aromatic carbocycles. The van der Waals surface area contributed by atoms with Crippen LogP contribution in [0.3, 0.4) is 0 Å². The number of nitrogens with zero attached hydrogens (tertiary/aromatic N) is 1. The molecule has 0 saturated heterocycles. The minimum atomic E-state index is -0.195. The lowest BCUT2D eigenvalue weighted by Gasteiger charge is -2.11. The number of amides is 2. The molecule has 0 bridgehead atoms. The number of hydrogen-bond acceptors (Lipinski definition) is 4. The molecular formula is C27H29N3O3. The molecule has 170 valence electrons. The summed E-state index contributed by atoms with van der Waals surface area (Å²) in [5.41, 5.74) is 3.40. The third kappa shape index (κ3) is 7.92. The Kier molecular flexibility index (Phi) is 8.77. The molecule has 0 aliphatic rings.